The molecule has 2 saturated heterocycles. The van der Waals surface area contributed by atoms with Gasteiger partial charge in [0.25, 0.3) is 0 Å². The zero-order chi connectivity index (χ0) is 22.6. The monoisotopic (exact) mass is 440 g/mol. The maximum atomic E-state index is 12.5. The summed E-state index contributed by atoms with van der Waals surface area (Å²) in [5.41, 5.74) is 3.22. The summed E-state index contributed by atoms with van der Waals surface area (Å²) in [6, 6.07) is 15.8. The van der Waals surface area contributed by atoms with E-state index in [1.54, 1.807) is 12.0 Å². The summed E-state index contributed by atoms with van der Waals surface area (Å²) in [5, 5.41) is 0. The lowest BCUT2D eigenvalue weighted by molar-refractivity contribution is -0.138. The Bertz CT molecular complexity index is 910. The number of hydrogen-bond acceptors (Lipinski definition) is 6. The predicted molar refractivity (Wildman–Crippen MR) is 122 cm³/mol. The third kappa shape index (κ3) is 5.34. The quantitative estimate of drug-likeness (QED) is 0.680. The standard InChI is InChI=1S/C25H32N2O5/c1-25(2)31-18-20(32-25)16-21-22(10-7-11-23(21)29-3)26-12-14-27(15-13-26)24(28)30-17-19-8-5-4-6-9-19/h4-11,20H,12-18H2,1-3H3. The molecule has 0 aromatic heterocycles. The van der Waals surface area contributed by atoms with Gasteiger partial charge in [0.2, 0.25) is 0 Å². The molecule has 172 valence electrons. The number of nitrogens with zero attached hydrogens (tertiary/aromatic N) is 2. The van der Waals surface area contributed by atoms with Crippen LogP contribution >= 0.6 is 0 Å². The van der Waals surface area contributed by atoms with E-state index in [-0.39, 0.29) is 12.2 Å². The molecule has 2 fully saturated rings. The van der Waals surface area contributed by atoms with Gasteiger partial charge in [-0.15, -0.1) is 0 Å². The number of rotatable bonds is 6. The van der Waals surface area contributed by atoms with Crippen molar-refractivity contribution >= 4 is 11.8 Å². The summed E-state index contributed by atoms with van der Waals surface area (Å²) in [4.78, 5) is 16.6. The zero-order valence-electron chi connectivity index (χ0n) is 19.1. The number of anilines is 1. The van der Waals surface area contributed by atoms with E-state index in [9.17, 15) is 4.79 Å². The molecule has 2 aromatic carbocycles. The van der Waals surface area contributed by atoms with Crippen molar-refractivity contribution in [2.75, 3.05) is 44.8 Å². The molecule has 7 nitrogen and oxygen atoms in total. The van der Waals surface area contributed by atoms with E-state index in [0.29, 0.717) is 32.7 Å². The number of methoxy groups -OCH3 is 1. The van der Waals surface area contributed by atoms with Crippen molar-refractivity contribution < 1.29 is 23.7 Å². The Labute approximate surface area is 189 Å². The van der Waals surface area contributed by atoms with E-state index in [4.69, 9.17) is 18.9 Å². The fourth-order valence-corrected chi connectivity index (χ4v) is 4.28. The minimum atomic E-state index is -0.557. The number of benzene rings is 2. The molecular weight excluding hydrogens is 408 g/mol. The first kappa shape index (κ1) is 22.4. The molecule has 2 aliphatic heterocycles. The van der Waals surface area contributed by atoms with Crippen LogP contribution in [0.3, 0.4) is 0 Å². The predicted octanol–water partition coefficient (Wildman–Crippen LogP) is 3.85. The summed E-state index contributed by atoms with van der Waals surface area (Å²) in [5.74, 6) is 0.291. The maximum absolute atomic E-state index is 12.5. The first-order chi connectivity index (χ1) is 15.4. The van der Waals surface area contributed by atoms with Crippen molar-refractivity contribution in [3.63, 3.8) is 0 Å². The Morgan fingerprint density at radius 3 is 2.47 bits per heavy atom. The van der Waals surface area contributed by atoms with E-state index >= 15 is 0 Å². The second-order valence-electron chi connectivity index (χ2n) is 8.63. The minimum absolute atomic E-state index is 0.0192. The van der Waals surface area contributed by atoms with E-state index in [2.05, 4.69) is 11.0 Å². The van der Waals surface area contributed by atoms with Gasteiger partial charge in [-0.05, 0) is 31.5 Å². The molecule has 1 atom stereocenters. The van der Waals surface area contributed by atoms with Crippen LogP contribution < -0.4 is 9.64 Å². The highest BCUT2D eigenvalue weighted by atomic mass is 16.7. The molecule has 1 unspecified atom stereocenters. The SMILES string of the molecule is COc1cccc(N2CCN(C(=O)OCc3ccccc3)CC2)c1CC1COC(C)(C)O1. The molecule has 7 heteroatoms. The van der Waals surface area contributed by atoms with E-state index in [1.807, 2.05) is 56.3 Å². The molecule has 32 heavy (non-hydrogen) atoms. The van der Waals surface area contributed by atoms with Gasteiger partial charge in [-0.25, -0.2) is 4.79 Å². The minimum Gasteiger partial charge on any atom is -0.496 e. The Balaban J connectivity index is 1.38. The lowest BCUT2D eigenvalue weighted by atomic mass is 10.0. The molecular formula is C25H32N2O5. The van der Waals surface area contributed by atoms with E-state index in [1.165, 1.54) is 0 Å². The van der Waals surface area contributed by atoms with Crippen molar-refractivity contribution in [2.24, 2.45) is 0 Å². The highest BCUT2D eigenvalue weighted by Gasteiger charge is 2.34. The highest BCUT2D eigenvalue weighted by Crippen LogP contribution is 2.34. The summed E-state index contributed by atoms with van der Waals surface area (Å²) in [6.45, 7) is 7.41. The molecule has 0 radical (unpaired) electrons. The van der Waals surface area contributed by atoms with Crippen LogP contribution in [0.1, 0.15) is 25.0 Å². The first-order valence-electron chi connectivity index (χ1n) is 11.1. The second kappa shape index (κ2) is 9.79. The molecule has 0 spiro atoms. The molecule has 0 saturated carbocycles. The Kier molecular flexibility index (Phi) is 6.86. The van der Waals surface area contributed by atoms with Crippen molar-refractivity contribution in [3.05, 3.63) is 59.7 Å². The van der Waals surface area contributed by atoms with Crippen LogP contribution in [0, 0.1) is 0 Å². The Hall–Kier alpha value is -2.77. The van der Waals surface area contributed by atoms with Gasteiger partial charge in [0.1, 0.15) is 12.4 Å². The first-order valence-corrected chi connectivity index (χ1v) is 11.1. The van der Waals surface area contributed by atoms with Crippen molar-refractivity contribution in [3.8, 4) is 5.75 Å². The van der Waals surface area contributed by atoms with E-state index < -0.39 is 5.79 Å². The average Bonchev–Trinajstić information content (AvgIpc) is 3.16. The number of carbonyl (C=O) groups excluding carboxylic acids is 1. The van der Waals surface area contributed by atoms with Crippen LogP contribution in [0.4, 0.5) is 10.5 Å². The van der Waals surface area contributed by atoms with Gasteiger partial charge < -0.3 is 28.7 Å². The fourth-order valence-electron chi connectivity index (χ4n) is 4.28. The lowest BCUT2D eigenvalue weighted by Gasteiger charge is -2.37. The van der Waals surface area contributed by atoms with Gasteiger partial charge in [-0.3, -0.25) is 0 Å². The van der Waals surface area contributed by atoms with Gasteiger partial charge in [-0.2, -0.15) is 0 Å². The van der Waals surface area contributed by atoms with Crippen LogP contribution in [0.5, 0.6) is 5.75 Å². The number of ether oxygens (including phenoxy) is 4. The van der Waals surface area contributed by atoms with Gasteiger partial charge in [0.05, 0.1) is 19.8 Å². The molecule has 2 aliphatic rings. The Morgan fingerprint density at radius 2 is 1.81 bits per heavy atom. The van der Waals surface area contributed by atoms with Crippen molar-refractivity contribution in [1.82, 2.24) is 4.90 Å². The number of amides is 1. The van der Waals surface area contributed by atoms with Crippen molar-refractivity contribution in [2.45, 2.75) is 38.8 Å². The van der Waals surface area contributed by atoms with Crippen LogP contribution in [-0.2, 0) is 27.2 Å². The van der Waals surface area contributed by atoms with Gasteiger partial charge in [0, 0.05) is 43.9 Å². The molecule has 1 amide bonds. The van der Waals surface area contributed by atoms with Crippen LogP contribution in [-0.4, -0.2) is 62.8 Å². The third-order valence-corrected chi connectivity index (χ3v) is 5.91. The van der Waals surface area contributed by atoms with Crippen LogP contribution in [0.25, 0.3) is 0 Å². The molecule has 0 bridgehead atoms. The fraction of sp³-hybridized carbons (Fsp3) is 0.480. The second-order valence-corrected chi connectivity index (χ2v) is 8.63. The van der Waals surface area contributed by atoms with Gasteiger partial charge >= 0.3 is 6.09 Å². The molecule has 0 aliphatic carbocycles. The summed E-state index contributed by atoms with van der Waals surface area (Å²) in [6.07, 6.45) is 0.426. The van der Waals surface area contributed by atoms with Crippen molar-refractivity contribution in [1.29, 1.82) is 0 Å². The van der Waals surface area contributed by atoms with Crippen LogP contribution in [0.15, 0.2) is 48.5 Å². The maximum Gasteiger partial charge on any atom is 0.410 e. The molecule has 4 rings (SSSR count). The number of piperazine rings is 1. The summed E-state index contributed by atoms with van der Waals surface area (Å²) < 4.78 is 22.9. The summed E-state index contributed by atoms with van der Waals surface area (Å²) in [7, 11) is 1.69. The molecule has 2 aromatic rings. The van der Waals surface area contributed by atoms with E-state index in [0.717, 1.165) is 35.7 Å². The smallest absolute Gasteiger partial charge is 0.410 e. The van der Waals surface area contributed by atoms with Gasteiger partial charge in [0.15, 0.2) is 5.79 Å². The highest BCUT2D eigenvalue weighted by molar-refractivity contribution is 5.68. The van der Waals surface area contributed by atoms with Gasteiger partial charge in [-0.1, -0.05) is 36.4 Å². The average molecular weight is 441 g/mol. The number of carbonyl (C=O) groups is 1. The topological polar surface area (TPSA) is 60.5 Å². The number of hydrogen-bond donors (Lipinski definition) is 0. The lowest BCUT2D eigenvalue weighted by Crippen LogP contribution is -2.49. The van der Waals surface area contributed by atoms with Crippen LogP contribution in [0.2, 0.25) is 0 Å². The summed E-state index contributed by atoms with van der Waals surface area (Å²) >= 11 is 0. The molecule has 2 heterocycles. The molecule has 0 N–H and O–H groups in total. The third-order valence-electron chi connectivity index (χ3n) is 5.91. The zero-order valence-corrected chi connectivity index (χ0v) is 19.1. The normalized spacial score (nSPS) is 20.3. The largest absolute Gasteiger partial charge is 0.496 e. The Morgan fingerprint density at radius 1 is 1.06 bits per heavy atom.